The Morgan fingerprint density at radius 3 is 2.37 bits per heavy atom. The predicted octanol–water partition coefficient (Wildman–Crippen LogP) is -0.158. The molecule has 0 bridgehead atoms. The molecule has 1 amide bonds. The van der Waals surface area contributed by atoms with Gasteiger partial charge in [0.1, 0.15) is 0 Å². The minimum Gasteiger partial charge on any atom is -0.427 e. The number of rotatable bonds is 6. The zero-order valence-corrected chi connectivity index (χ0v) is 11.9. The summed E-state index contributed by atoms with van der Waals surface area (Å²) in [6, 6.07) is 0. The highest BCUT2D eigenvalue weighted by Crippen LogP contribution is 2.14. The van der Waals surface area contributed by atoms with Gasteiger partial charge in [-0.3, -0.25) is 4.79 Å². The van der Waals surface area contributed by atoms with Crippen molar-refractivity contribution in [1.29, 1.82) is 0 Å². The molecule has 0 fully saturated rings. The zero-order valence-electron chi connectivity index (χ0n) is 11.0. The maximum absolute atomic E-state index is 11.3. The summed E-state index contributed by atoms with van der Waals surface area (Å²) in [6.07, 6.45) is -2.06. The van der Waals surface area contributed by atoms with E-state index in [1.165, 1.54) is 0 Å². The molecule has 0 aromatic heterocycles. The molecule has 8 nitrogen and oxygen atoms in total. The third-order valence-electron chi connectivity index (χ3n) is 1.81. The molecule has 0 aliphatic carbocycles. The summed E-state index contributed by atoms with van der Waals surface area (Å²) >= 11 is -2.14. The Morgan fingerprint density at radius 1 is 1.32 bits per heavy atom. The zero-order chi connectivity index (χ0) is 15.1. The number of aliphatic hydroxyl groups is 1. The lowest BCUT2D eigenvalue weighted by Crippen LogP contribution is -2.36. The SMILES string of the molecule is CC(C)(C)C(=O)OCOC(=O)NC[C@@H](O)CS(=O)O. The Morgan fingerprint density at radius 2 is 1.89 bits per heavy atom. The molecule has 19 heavy (non-hydrogen) atoms. The van der Waals surface area contributed by atoms with Crippen molar-refractivity contribution in [2.24, 2.45) is 5.41 Å². The number of hydrogen-bond donors (Lipinski definition) is 3. The molecule has 0 saturated heterocycles. The third-order valence-corrected chi connectivity index (χ3v) is 2.48. The molecule has 112 valence electrons. The van der Waals surface area contributed by atoms with E-state index in [1.54, 1.807) is 20.8 Å². The number of hydrogen-bond acceptors (Lipinski definition) is 6. The van der Waals surface area contributed by atoms with E-state index in [9.17, 15) is 18.9 Å². The van der Waals surface area contributed by atoms with E-state index in [1.807, 2.05) is 0 Å². The number of aliphatic hydroxyl groups excluding tert-OH is 1. The van der Waals surface area contributed by atoms with Gasteiger partial charge in [0, 0.05) is 6.54 Å². The van der Waals surface area contributed by atoms with Crippen LogP contribution >= 0.6 is 0 Å². The molecule has 2 atom stereocenters. The van der Waals surface area contributed by atoms with Gasteiger partial charge in [0.2, 0.25) is 6.79 Å². The van der Waals surface area contributed by atoms with Crippen LogP contribution < -0.4 is 5.32 Å². The summed E-state index contributed by atoms with van der Waals surface area (Å²) < 4.78 is 28.0. The van der Waals surface area contributed by atoms with E-state index in [0.717, 1.165) is 0 Å². The Hall–Kier alpha value is -1.19. The first kappa shape index (κ1) is 17.8. The molecular formula is C10H19NO7S. The van der Waals surface area contributed by atoms with Crippen LogP contribution in [0.5, 0.6) is 0 Å². The number of nitrogens with one attached hydrogen (secondary N) is 1. The summed E-state index contributed by atoms with van der Waals surface area (Å²) in [5.74, 6) is -0.893. The van der Waals surface area contributed by atoms with Gasteiger partial charge >= 0.3 is 12.1 Å². The lowest BCUT2D eigenvalue weighted by Gasteiger charge is -2.16. The highest BCUT2D eigenvalue weighted by molar-refractivity contribution is 7.79. The number of carbonyl (C=O) groups excluding carboxylic acids is 2. The van der Waals surface area contributed by atoms with Crippen LogP contribution in [-0.4, -0.2) is 51.1 Å². The van der Waals surface area contributed by atoms with Crippen LogP contribution in [0.4, 0.5) is 4.79 Å². The molecule has 0 aromatic carbocycles. The second kappa shape index (κ2) is 8.08. The summed E-state index contributed by atoms with van der Waals surface area (Å²) in [6.45, 7) is 4.19. The molecule has 9 heteroatoms. The molecular weight excluding hydrogens is 278 g/mol. The van der Waals surface area contributed by atoms with Gasteiger partial charge in [-0.05, 0) is 20.8 Å². The third kappa shape index (κ3) is 9.40. The largest absolute Gasteiger partial charge is 0.427 e. The van der Waals surface area contributed by atoms with Gasteiger partial charge in [-0.25, -0.2) is 9.00 Å². The predicted molar refractivity (Wildman–Crippen MR) is 66.5 cm³/mol. The molecule has 0 saturated carbocycles. The number of esters is 1. The molecule has 1 unspecified atom stereocenters. The number of alkyl carbamates (subject to hydrolysis) is 1. The second-order valence-corrected chi connectivity index (χ2v) is 5.73. The first-order valence-electron chi connectivity index (χ1n) is 5.46. The molecule has 3 N–H and O–H groups in total. The van der Waals surface area contributed by atoms with Crippen molar-refractivity contribution in [2.45, 2.75) is 26.9 Å². The first-order chi connectivity index (χ1) is 8.62. The standard InChI is InChI=1S/C10H19NO7S/c1-10(2,3)8(13)17-6-18-9(14)11-4-7(12)5-19(15)16/h7,12H,4-6H2,1-3H3,(H,11,14)(H,15,16)/t7-/m1/s1. The maximum atomic E-state index is 11.3. The molecule has 0 radical (unpaired) electrons. The fraction of sp³-hybridized carbons (Fsp3) is 0.800. The molecule has 0 heterocycles. The highest BCUT2D eigenvalue weighted by atomic mass is 32.2. The number of ether oxygens (including phenoxy) is 2. The maximum Gasteiger partial charge on any atom is 0.410 e. The highest BCUT2D eigenvalue weighted by Gasteiger charge is 2.23. The van der Waals surface area contributed by atoms with E-state index in [4.69, 9.17) is 4.55 Å². The van der Waals surface area contributed by atoms with Crippen molar-refractivity contribution < 1.29 is 32.9 Å². The van der Waals surface area contributed by atoms with E-state index < -0.39 is 41.5 Å². The topological polar surface area (TPSA) is 122 Å². The van der Waals surface area contributed by atoms with E-state index in [-0.39, 0.29) is 12.3 Å². The quantitative estimate of drug-likeness (QED) is 0.354. The van der Waals surface area contributed by atoms with Crippen molar-refractivity contribution in [3.05, 3.63) is 0 Å². The Labute approximate surface area is 113 Å². The van der Waals surface area contributed by atoms with Crippen LogP contribution in [0.2, 0.25) is 0 Å². The molecule has 0 rings (SSSR count). The monoisotopic (exact) mass is 297 g/mol. The average molecular weight is 297 g/mol. The minimum absolute atomic E-state index is 0.238. The summed E-state index contributed by atoms with van der Waals surface area (Å²) in [7, 11) is 0. The molecule has 0 aromatic rings. The summed E-state index contributed by atoms with van der Waals surface area (Å²) in [5, 5.41) is 11.3. The van der Waals surface area contributed by atoms with Gasteiger partial charge < -0.3 is 24.4 Å². The van der Waals surface area contributed by atoms with Gasteiger partial charge in [0.15, 0.2) is 11.1 Å². The van der Waals surface area contributed by atoms with Gasteiger partial charge in [0.05, 0.1) is 17.3 Å². The fourth-order valence-corrected chi connectivity index (χ4v) is 1.28. The first-order valence-corrected chi connectivity index (χ1v) is 6.74. The molecule has 0 aliphatic rings. The van der Waals surface area contributed by atoms with Gasteiger partial charge in [-0.15, -0.1) is 0 Å². The van der Waals surface area contributed by atoms with E-state index in [0.29, 0.717) is 0 Å². The Balaban J connectivity index is 3.77. The summed E-state index contributed by atoms with van der Waals surface area (Å²) in [5.41, 5.74) is -0.693. The Bertz CT molecular complexity index is 339. The van der Waals surface area contributed by atoms with Crippen molar-refractivity contribution >= 4 is 23.1 Å². The van der Waals surface area contributed by atoms with Crippen LogP contribution in [0.1, 0.15) is 20.8 Å². The number of amides is 1. The van der Waals surface area contributed by atoms with Gasteiger partial charge in [0.25, 0.3) is 0 Å². The van der Waals surface area contributed by atoms with E-state index in [2.05, 4.69) is 14.8 Å². The fourth-order valence-electron chi connectivity index (χ4n) is 0.829. The minimum atomic E-state index is -2.14. The van der Waals surface area contributed by atoms with Crippen molar-refractivity contribution in [3.8, 4) is 0 Å². The van der Waals surface area contributed by atoms with Gasteiger partial charge in [-0.1, -0.05) is 0 Å². The lowest BCUT2D eigenvalue weighted by atomic mass is 9.98. The average Bonchev–Trinajstić information content (AvgIpc) is 2.24. The van der Waals surface area contributed by atoms with Crippen molar-refractivity contribution in [1.82, 2.24) is 5.32 Å². The normalized spacial score (nSPS) is 14.4. The van der Waals surface area contributed by atoms with Crippen LogP contribution in [0.15, 0.2) is 0 Å². The molecule has 0 aliphatic heterocycles. The second-order valence-electron chi connectivity index (χ2n) is 4.75. The van der Waals surface area contributed by atoms with Crippen molar-refractivity contribution in [3.63, 3.8) is 0 Å². The van der Waals surface area contributed by atoms with Gasteiger partial charge in [-0.2, -0.15) is 0 Å². The van der Waals surface area contributed by atoms with Crippen LogP contribution in [0.25, 0.3) is 0 Å². The lowest BCUT2D eigenvalue weighted by molar-refractivity contribution is -0.161. The van der Waals surface area contributed by atoms with Crippen molar-refractivity contribution in [2.75, 3.05) is 19.1 Å². The van der Waals surface area contributed by atoms with Crippen LogP contribution in [0.3, 0.4) is 0 Å². The number of carbonyl (C=O) groups is 2. The Kier molecular flexibility index (Phi) is 7.57. The van der Waals surface area contributed by atoms with Crippen LogP contribution in [-0.2, 0) is 25.3 Å². The van der Waals surface area contributed by atoms with E-state index >= 15 is 0 Å². The van der Waals surface area contributed by atoms with Crippen LogP contribution in [0, 0.1) is 5.41 Å². The smallest absolute Gasteiger partial charge is 0.410 e. The summed E-state index contributed by atoms with van der Waals surface area (Å²) in [4.78, 5) is 22.4. The molecule has 0 spiro atoms.